The maximum Gasteiger partial charge on any atom is 0.308 e. The first kappa shape index (κ1) is 13.7. The molecule has 3 nitrogen and oxygen atoms in total. The van der Waals surface area contributed by atoms with Crippen LogP contribution < -0.4 is 0 Å². The Morgan fingerprint density at radius 1 is 1.25 bits per heavy atom. The topological polar surface area (TPSA) is 35.5 Å². The zero-order chi connectivity index (χ0) is 12.6. The summed E-state index contributed by atoms with van der Waals surface area (Å²) in [5.41, 5.74) is 0. The Labute approximate surface area is 99.6 Å². The molecule has 1 saturated carbocycles. The molecule has 0 amide bonds. The van der Waals surface area contributed by atoms with Crippen LogP contribution in [0, 0.1) is 5.92 Å². The van der Waals surface area contributed by atoms with Crippen LogP contribution in [0.2, 0.25) is 18.1 Å². The summed E-state index contributed by atoms with van der Waals surface area (Å²) >= 11 is 0. The van der Waals surface area contributed by atoms with Gasteiger partial charge in [0.1, 0.15) is 0 Å². The normalized spacial score (nSPS) is 26.1. The van der Waals surface area contributed by atoms with Gasteiger partial charge < -0.3 is 9.16 Å². The fourth-order valence-corrected chi connectivity index (χ4v) is 2.99. The van der Waals surface area contributed by atoms with Crippen LogP contribution in [0.4, 0.5) is 0 Å². The van der Waals surface area contributed by atoms with Crippen LogP contribution in [0.15, 0.2) is 0 Å². The van der Waals surface area contributed by atoms with Crippen molar-refractivity contribution in [2.24, 2.45) is 5.92 Å². The van der Waals surface area contributed by atoms with E-state index in [0.29, 0.717) is 0 Å². The van der Waals surface area contributed by atoms with Crippen molar-refractivity contribution in [1.82, 2.24) is 0 Å². The van der Waals surface area contributed by atoms with Gasteiger partial charge in [0, 0.05) is 6.10 Å². The van der Waals surface area contributed by atoms with Crippen LogP contribution >= 0.6 is 0 Å². The van der Waals surface area contributed by atoms with Gasteiger partial charge in [0.2, 0.25) is 0 Å². The molecule has 0 N–H and O–H groups in total. The Morgan fingerprint density at radius 3 is 2.12 bits per heavy atom. The lowest BCUT2D eigenvalue weighted by molar-refractivity contribution is -0.152. The molecule has 1 rings (SSSR count). The molecule has 16 heavy (non-hydrogen) atoms. The Balaban J connectivity index is 2.40. The van der Waals surface area contributed by atoms with Gasteiger partial charge in [-0.2, -0.15) is 0 Å². The number of esters is 1. The Kier molecular flexibility index (Phi) is 3.85. The standard InChI is InChI=1S/C12H24O3Si/c1-12(2,3)16(5,6)15-10-7-9(8-10)11(13)14-4/h9-10H,7-8H2,1-6H3/t9-,10+. The van der Waals surface area contributed by atoms with Crippen LogP contribution in [0.3, 0.4) is 0 Å². The van der Waals surface area contributed by atoms with E-state index in [0.717, 1.165) is 12.8 Å². The van der Waals surface area contributed by atoms with Gasteiger partial charge in [-0.1, -0.05) is 20.8 Å². The highest BCUT2D eigenvalue weighted by atomic mass is 28.4. The van der Waals surface area contributed by atoms with E-state index in [9.17, 15) is 4.79 Å². The first-order chi connectivity index (χ1) is 7.17. The van der Waals surface area contributed by atoms with E-state index >= 15 is 0 Å². The molecule has 0 bridgehead atoms. The Morgan fingerprint density at radius 2 is 1.75 bits per heavy atom. The van der Waals surface area contributed by atoms with E-state index in [-0.39, 0.29) is 23.0 Å². The largest absolute Gasteiger partial charge is 0.469 e. The van der Waals surface area contributed by atoms with E-state index in [2.05, 4.69) is 33.9 Å². The number of hydrogen-bond acceptors (Lipinski definition) is 3. The van der Waals surface area contributed by atoms with Gasteiger partial charge in [0.05, 0.1) is 13.0 Å². The lowest BCUT2D eigenvalue weighted by Gasteiger charge is -2.44. The maximum absolute atomic E-state index is 11.2. The molecule has 0 aliphatic heterocycles. The van der Waals surface area contributed by atoms with Gasteiger partial charge >= 0.3 is 5.97 Å². The maximum atomic E-state index is 11.2. The van der Waals surface area contributed by atoms with Crippen LogP contribution in [0.25, 0.3) is 0 Å². The summed E-state index contributed by atoms with van der Waals surface area (Å²) in [6.07, 6.45) is 1.93. The monoisotopic (exact) mass is 244 g/mol. The van der Waals surface area contributed by atoms with Crippen LogP contribution in [-0.2, 0) is 14.0 Å². The van der Waals surface area contributed by atoms with Gasteiger partial charge in [0.15, 0.2) is 8.32 Å². The molecule has 0 unspecified atom stereocenters. The Bertz CT molecular complexity index is 262. The number of methoxy groups -OCH3 is 1. The summed E-state index contributed by atoms with van der Waals surface area (Å²) in [6, 6.07) is 0. The fraction of sp³-hybridized carbons (Fsp3) is 0.917. The van der Waals surface area contributed by atoms with Crippen LogP contribution in [-0.4, -0.2) is 27.5 Å². The van der Waals surface area contributed by atoms with Gasteiger partial charge in [-0.05, 0) is 31.0 Å². The highest BCUT2D eigenvalue weighted by molar-refractivity contribution is 6.74. The van der Waals surface area contributed by atoms with Gasteiger partial charge in [-0.3, -0.25) is 4.79 Å². The second kappa shape index (κ2) is 4.49. The molecule has 0 saturated heterocycles. The summed E-state index contributed by atoms with van der Waals surface area (Å²) in [7, 11) is -0.216. The molecule has 0 aromatic heterocycles. The van der Waals surface area contributed by atoms with Gasteiger partial charge in [0.25, 0.3) is 0 Å². The third kappa shape index (κ3) is 2.86. The summed E-state index contributed by atoms with van der Waals surface area (Å²) in [6.45, 7) is 11.2. The smallest absolute Gasteiger partial charge is 0.308 e. The first-order valence-electron chi connectivity index (χ1n) is 5.93. The minimum atomic E-state index is -1.66. The quantitative estimate of drug-likeness (QED) is 0.565. The molecule has 0 spiro atoms. The molecule has 0 aromatic rings. The number of carbonyl (C=O) groups excluding carboxylic acids is 1. The molecule has 94 valence electrons. The number of hydrogen-bond donors (Lipinski definition) is 0. The summed E-state index contributed by atoms with van der Waals surface area (Å²) in [5, 5.41) is 0.239. The zero-order valence-corrected chi connectivity index (χ0v) is 12.3. The van der Waals surface area contributed by atoms with E-state index in [1.165, 1.54) is 7.11 Å². The third-order valence-electron chi connectivity index (χ3n) is 3.90. The van der Waals surface area contributed by atoms with E-state index in [1.54, 1.807) is 0 Å². The van der Waals surface area contributed by atoms with Crippen molar-refractivity contribution in [2.75, 3.05) is 7.11 Å². The molecular weight excluding hydrogens is 220 g/mol. The fourth-order valence-electron chi connectivity index (χ4n) is 1.61. The van der Waals surface area contributed by atoms with E-state index < -0.39 is 8.32 Å². The molecule has 4 heteroatoms. The van der Waals surface area contributed by atoms with E-state index in [1.807, 2.05) is 0 Å². The summed E-state index contributed by atoms with van der Waals surface area (Å²) < 4.78 is 10.9. The number of rotatable bonds is 3. The van der Waals surface area contributed by atoms with Crippen molar-refractivity contribution < 1.29 is 14.0 Å². The zero-order valence-electron chi connectivity index (χ0n) is 11.3. The highest BCUT2D eigenvalue weighted by Gasteiger charge is 2.44. The number of carbonyl (C=O) groups is 1. The molecule has 0 heterocycles. The number of ether oxygens (including phenoxy) is 1. The Hall–Kier alpha value is -0.353. The van der Waals surface area contributed by atoms with Crippen molar-refractivity contribution >= 4 is 14.3 Å². The van der Waals surface area contributed by atoms with Crippen molar-refractivity contribution in [3.63, 3.8) is 0 Å². The first-order valence-corrected chi connectivity index (χ1v) is 8.84. The molecular formula is C12H24O3Si. The average molecular weight is 244 g/mol. The molecule has 1 fully saturated rings. The lowest BCUT2D eigenvalue weighted by Crippen LogP contribution is -2.48. The average Bonchev–Trinajstić information content (AvgIpc) is 2.07. The molecule has 1 aliphatic carbocycles. The minimum absolute atomic E-state index is 0.0692. The molecule has 0 atom stereocenters. The van der Waals surface area contributed by atoms with Crippen molar-refractivity contribution in [2.45, 2.75) is 57.8 Å². The van der Waals surface area contributed by atoms with Crippen molar-refractivity contribution in [3.05, 3.63) is 0 Å². The summed E-state index contributed by atoms with van der Waals surface area (Å²) in [4.78, 5) is 11.2. The summed E-state index contributed by atoms with van der Waals surface area (Å²) in [5.74, 6) is -0.0187. The minimum Gasteiger partial charge on any atom is -0.469 e. The lowest BCUT2D eigenvalue weighted by atomic mass is 9.83. The van der Waals surface area contributed by atoms with Gasteiger partial charge in [-0.15, -0.1) is 0 Å². The van der Waals surface area contributed by atoms with Crippen LogP contribution in [0.1, 0.15) is 33.6 Å². The van der Waals surface area contributed by atoms with Crippen molar-refractivity contribution in [1.29, 1.82) is 0 Å². The molecule has 1 aliphatic rings. The predicted octanol–water partition coefficient (Wildman–Crippen LogP) is 2.96. The van der Waals surface area contributed by atoms with Gasteiger partial charge in [-0.25, -0.2) is 0 Å². The van der Waals surface area contributed by atoms with E-state index in [4.69, 9.17) is 9.16 Å². The van der Waals surface area contributed by atoms with Crippen molar-refractivity contribution in [3.8, 4) is 0 Å². The molecule has 0 radical (unpaired) electrons. The predicted molar refractivity (Wildman–Crippen MR) is 66.8 cm³/mol. The second-order valence-electron chi connectivity index (χ2n) is 6.19. The highest BCUT2D eigenvalue weighted by Crippen LogP contribution is 2.41. The van der Waals surface area contributed by atoms with Crippen LogP contribution in [0.5, 0.6) is 0 Å². The second-order valence-corrected chi connectivity index (χ2v) is 10.9. The third-order valence-corrected chi connectivity index (χ3v) is 8.43. The SMILES string of the molecule is COC(=O)[C@H]1C[C@@H](O[Si](C)(C)C(C)(C)C)C1. The molecule has 0 aromatic carbocycles.